The number of hydrogen-bond donors (Lipinski definition) is 2. The molecule has 21 heavy (non-hydrogen) atoms. The van der Waals surface area contributed by atoms with E-state index in [0.29, 0.717) is 17.9 Å². The predicted molar refractivity (Wildman–Crippen MR) is 85.8 cm³/mol. The first-order valence-electron chi connectivity index (χ1n) is 6.78. The summed E-state index contributed by atoms with van der Waals surface area (Å²) in [6.45, 7) is 4.76. The molecule has 0 saturated carbocycles. The summed E-state index contributed by atoms with van der Waals surface area (Å²) in [6.07, 6.45) is 0. The van der Waals surface area contributed by atoms with Crippen LogP contribution in [0.2, 0.25) is 0 Å². The predicted octanol–water partition coefficient (Wildman–Crippen LogP) is 3.22. The van der Waals surface area contributed by atoms with E-state index in [9.17, 15) is 9.90 Å². The lowest BCUT2D eigenvalue weighted by atomic mass is 10.1. The van der Waals surface area contributed by atoms with Crippen LogP contribution in [0.15, 0.2) is 36.4 Å². The molecule has 4 heteroatoms. The number of rotatable bonds is 4. The lowest BCUT2D eigenvalue weighted by molar-refractivity contribution is 0.0697. The number of carbonyl (C=O) groups is 1. The molecule has 0 bridgehead atoms. The second-order valence-electron chi connectivity index (χ2n) is 5.43. The van der Waals surface area contributed by atoms with Crippen LogP contribution in [0.3, 0.4) is 0 Å². The highest BCUT2D eigenvalue weighted by molar-refractivity contribution is 5.95. The number of aryl methyl sites for hydroxylation is 2. The Balaban J connectivity index is 2.32. The topological polar surface area (TPSA) is 66.6 Å². The monoisotopic (exact) mass is 284 g/mol. The van der Waals surface area contributed by atoms with Gasteiger partial charge in [0.25, 0.3) is 0 Å². The normalized spacial score (nSPS) is 10.4. The summed E-state index contributed by atoms with van der Waals surface area (Å²) in [6, 6.07) is 11.3. The van der Waals surface area contributed by atoms with Gasteiger partial charge in [-0.1, -0.05) is 29.3 Å². The molecule has 0 aliphatic heterocycles. The van der Waals surface area contributed by atoms with Crippen LogP contribution >= 0.6 is 0 Å². The fraction of sp³-hybridized carbons (Fsp3) is 0.235. The van der Waals surface area contributed by atoms with Gasteiger partial charge in [0.15, 0.2) is 0 Å². The quantitative estimate of drug-likeness (QED) is 0.846. The lowest BCUT2D eigenvalue weighted by Gasteiger charge is -2.22. The van der Waals surface area contributed by atoms with E-state index in [1.165, 1.54) is 17.2 Å². The Morgan fingerprint density at radius 1 is 1.14 bits per heavy atom. The van der Waals surface area contributed by atoms with Gasteiger partial charge in [0.2, 0.25) is 0 Å². The van der Waals surface area contributed by atoms with Gasteiger partial charge in [-0.25, -0.2) is 4.79 Å². The van der Waals surface area contributed by atoms with Crippen molar-refractivity contribution in [3.05, 3.63) is 58.7 Å². The molecule has 0 aliphatic carbocycles. The first-order valence-corrected chi connectivity index (χ1v) is 6.78. The van der Waals surface area contributed by atoms with Crippen molar-refractivity contribution >= 4 is 17.3 Å². The summed E-state index contributed by atoms with van der Waals surface area (Å²) in [7, 11) is 1.88. The van der Waals surface area contributed by atoms with E-state index < -0.39 is 5.97 Å². The molecule has 110 valence electrons. The van der Waals surface area contributed by atoms with Crippen molar-refractivity contribution in [3.63, 3.8) is 0 Å². The van der Waals surface area contributed by atoms with Crippen LogP contribution in [0.25, 0.3) is 0 Å². The Kier molecular flexibility index (Phi) is 4.17. The molecule has 0 heterocycles. The van der Waals surface area contributed by atoms with E-state index in [1.54, 1.807) is 12.1 Å². The molecule has 0 radical (unpaired) electrons. The standard InChI is InChI=1S/C17H20N2O2/c1-11-6-12(2)8-13(7-11)10-19(3)16-5-4-14(18)9-15(16)17(20)21/h4-9H,10,18H2,1-3H3,(H,20,21). The number of nitrogens with two attached hydrogens (primary N) is 1. The molecule has 0 fully saturated rings. The molecule has 0 aliphatic rings. The maximum absolute atomic E-state index is 11.4. The third kappa shape index (κ3) is 3.54. The molecule has 3 N–H and O–H groups in total. The van der Waals surface area contributed by atoms with Crippen molar-refractivity contribution in [2.75, 3.05) is 17.7 Å². The second-order valence-corrected chi connectivity index (χ2v) is 5.43. The van der Waals surface area contributed by atoms with Crippen LogP contribution in [0.4, 0.5) is 11.4 Å². The summed E-state index contributed by atoms with van der Waals surface area (Å²) in [5.41, 5.74) is 10.6. The first kappa shape index (κ1) is 14.9. The summed E-state index contributed by atoms with van der Waals surface area (Å²) in [5, 5.41) is 9.31. The van der Waals surface area contributed by atoms with Gasteiger partial charge in [0.1, 0.15) is 0 Å². The molecule has 0 amide bonds. The van der Waals surface area contributed by atoms with Crippen molar-refractivity contribution < 1.29 is 9.90 Å². The van der Waals surface area contributed by atoms with Crippen LogP contribution in [0.1, 0.15) is 27.0 Å². The summed E-state index contributed by atoms with van der Waals surface area (Å²) < 4.78 is 0. The van der Waals surface area contributed by atoms with E-state index in [-0.39, 0.29) is 5.56 Å². The molecular formula is C17H20N2O2. The number of nitrogens with zero attached hydrogens (tertiary/aromatic N) is 1. The van der Waals surface area contributed by atoms with E-state index in [2.05, 4.69) is 32.0 Å². The smallest absolute Gasteiger partial charge is 0.337 e. The van der Waals surface area contributed by atoms with Gasteiger partial charge in [0, 0.05) is 19.3 Å². The molecular weight excluding hydrogens is 264 g/mol. The summed E-state index contributed by atoms with van der Waals surface area (Å²) in [4.78, 5) is 13.3. The number of nitrogen functional groups attached to an aromatic ring is 1. The minimum Gasteiger partial charge on any atom is -0.478 e. The summed E-state index contributed by atoms with van der Waals surface area (Å²) >= 11 is 0. The number of aromatic carboxylic acids is 1. The zero-order valence-corrected chi connectivity index (χ0v) is 12.6. The van der Waals surface area contributed by atoms with Crippen molar-refractivity contribution in [2.45, 2.75) is 20.4 Å². The molecule has 2 rings (SSSR count). The minimum absolute atomic E-state index is 0.224. The van der Waals surface area contributed by atoms with Crippen molar-refractivity contribution in [2.24, 2.45) is 0 Å². The average Bonchev–Trinajstić information content (AvgIpc) is 2.36. The Bertz CT molecular complexity index is 660. The number of carboxylic acid groups (broad SMARTS) is 1. The van der Waals surface area contributed by atoms with Gasteiger partial charge in [-0.2, -0.15) is 0 Å². The maximum Gasteiger partial charge on any atom is 0.337 e. The highest BCUT2D eigenvalue weighted by atomic mass is 16.4. The highest BCUT2D eigenvalue weighted by Gasteiger charge is 2.14. The van der Waals surface area contributed by atoms with E-state index in [1.807, 2.05) is 11.9 Å². The fourth-order valence-electron chi connectivity index (χ4n) is 2.58. The van der Waals surface area contributed by atoms with Crippen LogP contribution in [0, 0.1) is 13.8 Å². The fourth-order valence-corrected chi connectivity index (χ4v) is 2.58. The lowest BCUT2D eigenvalue weighted by Crippen LogP contribution is -2.19. The number of carboxylic acids is 1. The van der Waals surface area contributed by atoms with Crippen molar-refractivity contribution in [3.8, 4) is 0 Å². The molecule has 0 atom stereocenters. The van der Waals surface area contributed by atoms with E-state index in [0.717, 1.165) is 5.56 Å². The van der Waals surface area contributed by atoms with Crippen LogP contribution in [-0.2, 0) is 6.54 Å². The third-order valence-corrected chi connectivity index (χ3v) is 3.36. The third-order valence-electron chi connectivity index (χ3n) is 3.36. The van der Waals surface area contributed by atoms with Gasteiger partial charge in [-0.05, 0) is 37.6 Å². The Morgan fingerprint density at radius 2 is 1.76 bits per heavy atom. The zero-order valence-electron chi connectivity index (χ0n) is 12.6. The Labute approximate surface area is 124 Å². The van der Waals surface area contributed by atoms with Gasteiger partial charge < -0.3 is 15.7 Å². The largest absolute Gasteiger partial charge is 0.478 e. The maximum atomic E-state index is 11.4. The van der Waals surface area contributed by atoms with E-state index in [4.69, 9.17) is 5.73 Å². The van der Waals surface area contributed by atoms with Gasteiger partial charge in [-0.3, -0.25) is 0 Å². The number of anilines is 2. The molecule has 0 saturated heterocycles. The van der Waals surface area contributed by atoms with Gasteiger partial charge in [0.05, 0.1) is 11.3 Å². The van der Waals surface area contributed by atoms with Crippen LogP contribution in [0.5, 0.6) is 0 Å². The van der Waals surface area contributed by atoms with Crippen LogP contribution < -0.4 is 10.6 Å². The molecule has 4 nitrogen and oxygen atoms in total. The SMILES string of the molecule is Cc1cc(C)cc(CN(C)c2ccc(N)cc2C(=O)O)c1. The highest BCUT2D eigenvalue weighted by Crippen LogP contribution is 2.24. The first-order chi connectivity index (χ1) is 9.86. The zero-order chi connectivity index (χ0) is 15.6. The Morgan fingerprint density at radius 3 is 2.33 bits per heavy atom. The van der Waals surface area contributed by atoms with Crippen molar-refractivity contribution in [1.82, 2.24) is 0 Å². The average molecular weight is 284 g/mol. The molecule has 0 aromatic heterocycles. The molecule has 0 spiro atoms. The second kappa shape index (κ2) is 5.87. The Hall–Kier alpha value is -2.49. The minimum atomic E-state index is -0.968. The number of benzene rings is 2. The van der Waals surface area contributed by atoms with Crippen LogP contribution in [-0.4, -0.2) is 18.1 Å². The van der Waals surface area contributed by atoms with Gasteiger partial charge in [-0.15, -0.1) is 0 Å². The van der Waals surface area contributed by atoms with Gasteiger partial charge >= 0.3 is 5.97 Å². The molecule has 2 aromatic carbocycles. The van der Waals surface area contributed by atoms with Crippen molar-refractivity contribution in [1.29, 1.82) is 0 Å². The van der Waals surface area contributed by atoms with E-state index >= 15 is 0 Å². The molecule has 2 aromatic rings. The molecule has 0 unspecified atom stereocenters. The summed E-state index contributed by atoms with van der Waals surface area (Å²) in [5.74, 6) is -0.968. The number of hydrogen-bond acceptors (Lipinski definition) is 3.